The zero-order valence-electron chi connectivity index (χ0n) is 23.8. The van der Waals surface area contributed by atoms with Crippen LogP contribution in [0.4, 0.5) is 4.39 Å². The van der Waals surface area contributed by atoms with Crippen molar-refractivity contribution in [3.63, 3.8) is 0 Å². The number of sulfone groups is 1. The molecule has 226 valence electrons. The first-order valence-electron chi connectivity index (χ1n) is 14.0. The summed E-state index contributed by atoms with van der Waals surface area (Å²) in [7, 11) is -3.43. The molecule has 0 bridgehead atoms. The van der Waals surface area contributed by atoms with Crippen LogP contribution in [0.15, 0.2) is 59.5 Å². The van der Waals surface area contributed by atoms with Crippen molar-refractivity contribution >= 4 is 44.5 Å². The summed E-state index contributed by atoms with van der Waals surface area (Å²) in [5, 5.41) is 16.3. The van der Waals surface area contributed by atoms with Crippen LogP contribution in [-0.4, -0.2) is 72.6 Å². The first-order chi connectivity index (χ1) is 20.4. The average Bonchev–Trinajstić information content (AvgIpc) is 3.72. The molecule has 3 aromatic rings. The SMILES string of the molecule is C[C@@H](NC(=O)[C@@H]1C[C@@H](O)CN1C(=O)CNC(=O)c1ccc2cc(F)ccc2n1)c1ccc(S(C)(=O)=O)cc1/C=C/C1CC1. The van der Waals surface area contributed by atoms with E-state index in [4.69, 9.17) is 0 Å². The fourth-order valence-electron chi connectivity index (χ4n) is 5.15. The molecular formula is C31H33FN4O6S. The van der Waals surface area contributed by atoms with E-state index in [2.05, 4.69) is 15.6 Å². The molecule has 3 amide bonds. The van der Waals surface area contributed by atoms with E-state index in [-0.39, 0.29) is 23.6 Å². The lowest BCUT2D eigenvalue weighted by molar-refractivity contribution is -0.138. The highest BCUT2D eigenvalue weighted by Gasteiger charge is 2.39. The maximum atomic E-state index is 13.4. The monoisotopic (exact) mass is 608 g/mol. The van der Waals surface area contributed by atoms with Crippen LogP contribution in [-0.2, 0) is 19.4 Å². The van der Waals surface area contributed by atoms with Crippen molar-refractivity contribution in [2.24, 2.45) is 5.92 Å². The first-order valence-corrected chi connectivity index (χ1v) is 15.9. The number of allylic oxidation sites excluding steroid dienone is 1. The van der Waals surface area contributed by atoms with Crippen LogP contribution in [0.3, 0.4) is 0 Å². The Labute approximate surface area is 248 Å². The van der Waals surface area contributed by atoms with Gasteiger partial charge in [0.2, 0.25) is 11.8 Å². The molecule has 12 heteroatoms. The summed E-state index contributed by atoms with van der Waals surface area (Å²) in [4.78, 5) is 44.8. The minimum atomic E-state index is -3.43. The second kappa shape index (κ2) is 12.2. The Kier molecular flexibility index (Phi) is 8.61. The quantitative estimate of drug-likeness (QED) is 0.339. The molecule has 3 N–H and O–H groups in total. The standard InChI is InChI=1S/C31H33FN4O6S/c1-18(25-10-9-24(43(2,41)42)14-20(25)6-5-19-3-4-19)34-31(40)28-15-23(37)17-36(28)29(38)16-33-30(39)27-11-7-21-13-22(32)8-12-26(21)35-27/h5-14,18-19,23,28,37H,3-4,15-17H2,1-2H3,(H,33,39)(H,34,40)/b6-5+/t18-,23-,28+/m1/s1. The van der Waals surface area contributed by atoms with Crippen molar-refractivity contribution in [2.75, 3.05) is 19.3 Å². The van der Waals surface area contributed by atoms with E-state index in [0.29, 0.717) is 27.9 Å². The van der Waals surface area contributed by atoms with Crippen molar-refractivity contribution in [1.82, 2.24) is 20.5 Å². The minimum absolute atomic E-state index is 0.0302. The molecule has 1 aliphatic heterocycles. The molecule has 0 unspecified atom stereocenters. The number of aliphatic hydroxyl groups excluding tert-OH is 1. The number of hydrogen-bond acceptors (Lipinski definition) is 7. The second-order valence-corrected chi connectivity index (χ2v) is 13.2. The summed E-state index contributed by atoms with van der Waals surface area (Å²) < 4.78 is 37.7. The van der Waals surface area contributed by atoms with Gasteiger partial charge >= 0.3 is 0 Å². The Morgan fingerprint density at radius 2 is 1.91 bits per heavy atom. The summed E-state index contributed by atoms with van der Waals surface area (Å²) in [6.45, 7) is 1.28. The number of carbonyl (C=O) groups is 3. The number of aromatic nitrogens is 1. The van der Waals surface area contributed by atoms with E-state index in [9.17, 15) is 32.3 Å². The van der Waals surface area contributed by atoms with Crippen LogP contribution >= 0.6 is 0 Å². The zero-order chi connectivity index (χ0) is 30.9. The average molecular weight is 609 g/mol. The number of benzene rings is 2. The van der Waals surface area contributed by atoms with Crippen LogP contribution in [0.2, 0.25) is 0 Å². The van der Waals surface area contributed by atoms with Crippen LogP contribution in [0.25, 0.3) is 17.0 Å². The Morgan fingerprint density at radius 1 is 1.14 bits per heavy atom. The maximum absolute atomic E-state index is 13.4. The smallest absolute Gasteiger partial charge is 0.270 e. The Morgan fingerprint density at radius 3 is 2.63 bits per heavy atom. The third-order valence-electron chi connectivity index (χ3n) is 7.67. The maximum Gasteiger partial charge on any atom is 0.270 e. The molecule has 1 aliphatic carbocycles. The Balaban J connectivity index is 1.25. The third-order valence-corrected chi connectivity index (χ3v) is 8.78. The highest BCUT2D eigenvalue weighted by Crippen LogP contribution is 2.32. The van der Waals surface area contributed by atoms with E-state index in [0.717, 1.165) is 19.1 Å². The number of halogens is 1. The van der Waals surface area contributed by atoms with Crippen molar-refractivity contribution in [2.45, 2.75) is 49.3 Å². The van der Waals surface area contributed by atoms with Gasteiger partial charge in [0, 0.05) is 24.6 Å². The zero-order valence-corrected chi connectivity index (χ0v) is 24.6. The number of pyridine rings is 1. The van der Waals surface area contributed by atoms with E-state index in [1.165, 1.54) is 35.2 Å². The summed E-state index contributed by atoms with van der Waals surface area (Å²) >= 11 is 0. The number of amides is 3. The normalized spacial score (nSPS) is 19.5. The molecule has 1 saturated carbocycles. The molecule has 1 aromatic heterocycles. The number of likely N-dealkylation sites (tertiary alicyclic amines) is 1. The summed E-state index contributed by atoms with van der Waals surface area (Å²) in [6, 6.07) is 10.3. The van der Waals surface area contributed by atoms with Gasteiger partial charge in [-0.25, -0.2) is 17.8 Å². The lowest BCUT2D eigenvalue weighted by atomic mass is 10.00. The highest BCUT2D eigenvalue weighted by molar-refractivity contribution is 7.90. The fraction of sp³-hybridized carbons (Fsp3) is 0.355. The molecule has 43 heavy (non-hydrogen) atoms. The molecule has 0 spiro atoms. The van der Waals surface area contributed by atoms with Crippen LogP contribution in [0.5, 0.6) is 0 Å². The van der Waals surface area contributed by atoms with Crippen LogP contribution in [0.1, 0.15) is 53.8 Å². The molecular weight excluding hydrogens is 575 g/mol. The fourth-order valence-corrected chi connectivity index (χ4v) is 5.80. The molecule has 0 radical (unpaired) electrons. The molecule has 2 aromatic carbocycles. The molecule has 2 fully saturated rings. The van der Waals surface area contributed by atoms with Gasteiger partial charge in [0.05, 0.1) is 29.1 Å². The molecule has 1 saturated heterocycles. The lowest BCUT2D eigenvalue weighted by Crippen LogP contribution is -2.49. The number of hydrogen-bond donors (Lipinski definition) is 3. The van der Waals surface area contributed by atoms with Gasteiger partial charge in [0.15, 0.2) is 9.84 Å². The molecule has 10 nitrogen and oxygen atoms in total. The Hall–Kier alpha value is -4.16. The van der Waals surface area contributed by atoms with Crippen molar-refractivity contribution in [3.05, 3.63) is 77.2 Å². The summed E-state index contributed by atoms with van der Waals surface area (Å²) in [5.74, 6) is -1.60. The first kappa shape index (κ1) is 30.3. The molecule has 5 rings (SSSR count). The third kappa shape index (κ3) is 7.26. The van der Waals surface area contributed by atoms with Crippen LogP contribution < -0.4 is 10.6 Å². The summed E-state index contributed by atoms with van der Waals surface area (Å²) in [6.07, 6.45) is 6.33. The minimum Gasteiger partial charge on any atom is -0.391 e. The van der Waals surface area contributed by atoms with Crippen molar-refractivity contribution in [3.8, 4) is 0 Å². The number of carbonyl (C=O) groups excluding carboxylic acids is 3. The van der Waals surface area contributed by atoms with Gasteiger partial charge in [-0.05, 0) is 73.2 Å². The highest BCUT2D eigenvalue weighted by atomic mass is 32.2. The topological polar surface area (TPSA) is 146 Å². The number of aliphatic hydroxyl groups is 1. The molecule has 3 atom stereocenters. The lowest BCUT2D eigenvalue weighted by Gasteiger charge is -2.26. The van der Waals surface area contributed by atoms with Gasteiger partial charge < -0.3 is 20.6 Å². The second-order valence-electron chi connectivity index (χ2n) is 11.2. The van der Waals surface area contributed by atoms with E-state index < -0.39 is 58.1 Å². The largest absolute Gasteiger partial charge is 0.391 e. The van der Waals surface area contributed by atoms with Crippen molar-refractivity contribution < 1.29 is 32.3 Å². The van der Waals surface area contributed by atoms with Gasteiger partial charge in [-0.1, -0.05) is 24.3 Å². The molecule has 2 aliphatic rings. The number of rotatable bonds is 9. The van der Waals surface area contributed by atoms with Gasteiger partial charge in [-0.3, -0.25) is 14.4 Å². The van der Waals surface area contributed by atoms with Gasteiger partial charge in [0.25, 0.3) is 5.91 Å². The van der Waals surface area contributed by atoms with E-state index in [1.54, 1.807) is 25.1 Å². The van der Waals surface area contributed by atoms with Gasteiger partial charge in [-0.2, -0.15) is 0 Å². The number of fused-ring (bicyclic) bond motifs is 1. The number of β-amino-alcohol motifs (C(OH)–C–C–N with tert-alkyl or cyclic N) is 1. The van der Waals surface area contributed by atoms with E-state index in [1.807, 2.05) is 12.2 Å². The van der Waals surface area contributed by atoms with Gasteiger partial charge in [-0.15, -0.1) is 0 Å². The summed E-state index contributed by atoms with van der Waals surface area (Å²) in [5.41, 5.74) is 1.86. The number of nitrogens with one attached hydrogen (secondary N) is 2. The Bertz CT molecular complexity index is 1720. The van der Waals surface area contributed by atoms with Crippen molar-refractivity contribution in [1.29, 1.82) is 0 Å². The predicted octanol–water partition coefficient (Wildman–Crippen LogP) is 2.77. The van der Waals surface area contributed by atoms with Crippen LogP contribution in [0, 0.1) is 11.7 Å². The predicted molar refractivity (Wildman–Crippen MR) is 158 cm³/mol. The number of nitrogens with zero attached hydrogens (tertiary/aromatic N) is 2. The molecule has 2 heterocycles. The van der Waals surface area contributed by atoms with E-state index >= 15 is 0 Å². The van der Waals surface area contributed by atoms with Gasteiger partial charge in [0.1, 0.15) is 17.6 Å².